The molecule has 0 radical (unpaired) electrons. The zero-order chi connectivity index (χ0) is 27.7. The third kappa shape index (κ3) is 5.40. The first-order valence-corrected chi connectivity index (χ1v) is 13.3. The summed E-state index contributed by atoms with van der Waals surface area (Å²) in [5.74, 6) is -0.474. The molecule has 2 heterocycles. The maximum Gasteiger partial charge on any atom is 0.321 e. The van der Waals surface area contributed by atoms with Gasteiger partial charge in [-0.3, -0.25) is 4.79 Å². The maximum absolute atomic E-state index is 14.2. The van der Waals surface area contributed by atoms with Gasteiger partial charge in [-0.1, -0.05) is 48.0 Å². The second-order valence-corrected chi connectivity index (χ2v) is 10.3. The fourth-order valence-electron chi connectivity index (χ4n) is 5.08. The Labute approximate surface area is 232 Å². The van der Waals surface area contributed by atoms with Crippen molar-refractivity contribution in [3.05, 3.63) is 106 Å². The molecule has 0 saturated carbocycles. The predicted molar refractivity (Wildman–Crippen MR) is 153 cm³/mol. The van der Waals surface area contributed by atoms with E-state index in [4.69, 9.17) is 11.6 Å². The fraction of sp³-hybridized carbons (Fsp3) is 0.226. The Kier molecular flexibility index (Phi) is 7.44. The van der Waals surface area contributed by atoms with Gasteiger partial charge in [0.2, 0.25) is 0 Å². The second kappa shape index (κ2) is 10.9. The van der Waals surface area contributed by atoms with Crippen molar-refractivity contribution in [3.63, 3.8) is 0 Å². The third-order valence-electron chi connectivity index (χ3n) is 7.25. The topological polar surface area (TPSA) is 57.6 Å². The lowest BCUT2D eigenvalue weighted by molar-refractivity contribution is 0.0671. The van der Waals surface area contributed by atoms with Crippen LogP contribution in [0.15, 0.2) is 72.8 Å². The van der Waals surface area contributed by atoms with Gasteiger partial charge in [0.25, 0.3) is 5.91 Å². The number of hydrogen-bond acceptors (Lipinski definition) is 2. The molecule has 1 aliphatic heterocycles. The van der Waals surface area contributed by atoms with Crippen LogP contribution in [0.3, 0.4) is 0 Å². The maximum atomic E-state index is 14.2. The smallest absolute Gasteiger partial charge is 0.321 e. The summed E-state index contributed by atoms with van der Waals surface area (Å²) in [6.45, 7) is 7.49. The lowest BCUT2D eigenvalue weighted by Gasteiger charge is -2.35. The first kappa shape index (κ1) is 26.5. The molecule has 0 unspecified atom stereocenters. The molecule has 6 nitrogen and oxygen atoms in total. The minimum absolute atomic E-state index is 0.118. The van der Waals surface area contributed by atoms with Crippen LogP contribution in [0, 0.1) is 26.6 Å². The fourth-order valence-corrected chi connectivity index (χ4v) is 5.21. The highest BCUT2D eigenvalue weighted by Gasteiger charge is 2.28. The van der Waals surface area contributed by atoms with Crippen molar-refractivity contribution < 1.29 is 14.0 Å². The number of carbonyl (C=O) groups excluding carboxylic acids is 2. The van der Waals surface area contributed by atoms with E-state index in [-0.39, 0.29) is 17.8 Å². The number of benzene rings is 3. The number of anilines is 1. The van der Waals surface area contributed by atoms with Gasteiger partial charge >= 0.3 is 6.03 Å². The van der Waals surface area contributed by atoms with Crippen LogP contribution in [0.2, 0.25) is 5.02 Å². The van der Waals surface area contributed by atoms with Crippen molar-refractivity contribution in [2.45, 2.75) is 20.8 Å². The molecule has 0 aliphatic carbocycles. The number of carbonyl (C=O) groups is 2. The SMILES string of the molecule is Cc1cccc(C)c1NC(=O)N1CCN(C(=O)c2cc(-c3ccc(Cl)cc3)n(-c3cccc(F)c3)c2C)CC1. The number of para-hydroxylation sites is 1. The van der Waals surface area contributed by atoms with E-state index in [9.17, 15) is 14.0 Å². The van der Waals surface area contributed by atoms with E-state index in [1.54, 1.807) is 28.0 Å². The molecule has 0 spiro atoms. The van der Waals surface area contributed by atoms with Crippen LogP contribution in [-0.4, -0.2) is 52.5 Å². The quantitative estimate of drug-likeness (QED) is 0.305. The van der Waals surface area contributed by atoms with Crippen molar-refractivity contribution in [1.29, 1.82) is 0 Å². The summed E-state index contributed by atoms with van der Waals surface area (Å²) in [6.07, 6.45) is 0. The minimum Gasteiger partial charge on any atom is -0.335 e. The molecule has 39 heavy (non-hydrogen) atoms. The van der Waals surface area contributed by atoms with E-state index in [0.717, 1.165) is 28.1 Å². The number of aromatic nitrogens is 1. The van der Waals surface area contributed by atoms with Gasteiger partial charge in [-0.25, -0.2) is 9.18 Å². The van der Waals surface area contributed by atoms with Crippen LogP contribution in [0.4, 0.5) is 14.9 Å². The summed E-state index contributed by atoms with van der Waals surface area (Å²) >= 11 is 6.11. The summed E-state index contributed by atoms with van der Waals surface area (Å²) in [5.41, 5.74) is 6.35. The highest BCUT2D eigenvalue weighted by atomic mass is 35.5. The van der Waals surface area contributed by atoms with E-state index >= 15 is 0 Å². The first-order valence-electron chi connectivity index (χ1n) is 12.9. The molecule has 3 aromatic carbocycles. The number of rotatable bonds is 4. The summed E-state index contributed by atoms with van der Waals surface area (Å²) < 4.78 is 16.1. The van der Waals surface area contributed by atoms with Crippen LogP contribution >= 0.6 is 11.6 Å². The first-order chi connectivity index (χ1) is 18.7. The van der Waals surface area contributed by atoms with Crippen LogP contribution < -0.4 is 5.32 Å². The van der Waals surface area contributed by atoms with E-state index in [2.05, 4.69) is 5.32 Å². The Bertz CT molecular complexity index is 1520. The number of amides is 3. The van der Waals surface area contributed by atoms with Crippen LogP contribution in [-0.2, 0) is 0 Å². The number of hydrogen-bond donors (Lipinski definition) is 1. The van der Waals surface area contributed by atoms with Crippen molar-refractivity contribution in [2.75, 3.05) is 31.5 Å². The number of aryl methyl sites for hydroxylation is 2. The molecule has 5 rings (SSSR count). The Morgan fingerprint density at radius 1 is 0.821 bits per heavy atom. The molecule has 3 amide bonds. The Morgan fingerprint density at radius 2 is 1.44 bits per heavy atom. The van der Waals surface area contributed by atoms with Gasteiger partial charge in [-0.2, -0.15) is 0 Å². The highest BCUT2D eigenvalue weighted by Crippen LogP contribution is 2.31. The lowest BCUT2D eigenvalue weighted by atomic mass is 10.1. The van der Waals surface area contributed by atoms with Crippen molar-refractivity contribution in [1.82, 2.24) is 14.4 Å². The Hall–Kier alpha value is -4.10. The molecule has 4 aromatic rings. The molecule has 1 aromatic heterocycles. The zero-order valence-electron chi connectivity index (χ0n) is 22.2. The molecule has 1 N–H and O–H groups in total. The molecule has 1 fully saturated rings. The minimum atomic E-state index is -0.356. The van der Waals surface area contributed by atoms with E-state index in [0.29, 0.717) is 48.1 Å². The van der Waals surface area contributed by atoms with E-state index in [1.165, 1.54) is 12.1 Å². The average Bonchev–Trinajstić information content (AvgIpc) is 3.27. The largest absolute Gasteiger partial charge is 0.335 e. The normalized spacial score (nSPS) is 13.5. The van der Waals surface area contributed by atoms with Gasteiger partial charge in [-0.15, -0.1) is 0 Å². The van der Waals surface area contributed by atoms with Crippen molar-refractivity contribution in [2.24, 2.45) is 0 Å². The third-order valence-corrected chi connectivity index (χ3v) is 7.50. The lowest BCUT2D eigenvalue weighted by Crippen LogP contribution is -2.51. The molecule has 0 bridgehead atoms. The van der Waals surface area contributed by atoms with Crippen LogP contribution in [0.5, 0.6) is 0 Å². The second-order valence-electron chi connectivity index (χ2n) is 9.83. The molecular formula is C31H30ClFN4O2. The number of piperazine rings is 1. The van der Waals surface area contributed by atoms with Gasteiger partial charge in [0.15, 0.2) is 0 Å². The number of halogens is 2. The van der Waals surface area contributed by atoms with E-state index in [1.807, 2.05) is 67.8 Å². The number of urea groups is 1. The standard InChI is InChI=1S/C31H30ClFN4O2/c1-20-6-4-7-21(2)29(20)34-31(39)36-16-14-35(15-17-36)30(38)27-19-28(23-10-12-24(32)13-11-23)37(22(27)3)26-9-5-8-25(33)18-26/h4-13,18-19H,14-17H2,1-3H3,(H,34,39). The van der Waals surface area contributed by atoms with Crippen LogP contribution in [0.1, 0.15) is 27.2 Å². The molecule has 1 saturated heterocycles. The summed E-state index contributed by atoms with van der Waals surface area (Å²) in [7, 11) is 0. The van der Waals surface area contributed by atoms with E-state index < -0.39 is 0 Å². The highest BCUT2D eigenvalue weighted by molar-refractivity contribution is 6.30. The van der Waals surface area contributed by atoms with Gasteiger partial charge < -0.3 is 19.7 Å². The Morgan fingerprint density at radius 3 is 2.08 bits per heavy atom. The summed E-state index contributed by atoms with van der Waals surface area (Å²) in [5, 5.41) is 3.64. The number of nitrogens with one attached hydrogen (secondary N) is 1. The van der Waals surface area contributed by atoms with Crippen LogP contribution in [0.25, 0.3) is 16.9 Å². The van der Waals surface area contributed by atoms with Gasteiger partial charge in [0, 0.05) is 48.3 Å². The summed E-state index contributed by atoms with van der Waals surface area (Å²) in [4.78, 5) is 30.2. The zero-order valence-corrected chi connectivity index (χ0v) is 22.9. The van der Waals surface area contributed by atoms with Gasteiger partial charge in [0.05, 0.1) is 11.3 Å². The predicted octanol–water partition coefficient (Wildman–Crippen LogP) is 6.85. The van der Waals surface area contributed by atoms with Gasteiger partial charge in [-0.05, 0) is 73.9 Å². The molecule has 0 atom stereocenters. The monoisotopic (exact) mass is 544 g/mol. The van der Waals surface area contributed by atoms with Crippen molar-refractivity contribution in [3.8, 4) is 16.9 Å². The van der Waals surface area contributed by atoms with Crippen molar-refractivity contribution >= 4 is 29.2 Å². The molecular weight excluding hydrogens is 515 g/mol. The summed E-state index contributed by atoms with van der Waals surface area (Å²) in [6, 6.07) is 21.3. The average molecular weight is 545 g/mol. The van der Waals surface area contributed by atoms with Gasteiger partial charge in [0.1, 0.15) is 5.82 Å². The Balaban J connectivity index is 1.37. The molecule has 1 aliphatic rings. The number of nitrogens with zero attached hydrogens (tertiary/aromatic N) is 3. The molecule has 200 valence electrons. The molecule has 8 heteroatoms.